The first-order chi connectivity index (χ1) is 6.17. The fraction of sp³-hybridized carbons (Fsp3) is 0.750. The van der Waals surface area contributed by atoms with Gasteiger partial charge in [0.1, 0.15) is 6.04 Å². The number of carbonyl (C=O) groups excluding carboxylic acids is 1. The van der Waals surface area contributed by atoms with Crippen molar-refractivity contribution in [1.82, 2.24) is 4.90 Å². The second-order valence-corrected chi connectivity index (χ2v) is 2.71. The lowest BCUT2D eigenvalue weighted by molar-refractivity contribution is -0.147. The van der Waals surface area contributed by atoms with E-state index >= 15 is 0 Å². The van der Waals surface area contributed by atoms with Gasteiger partial charge in [-0.15, -0.1) is 0 Å². The standard InChI is InChI=1S/C8H15NO4/c1-2-4-9(6-11)7(3-5-10)8(12)13/h6-7,10H,2-5H2,1H3,(H,12,13). The van der Waals surface area contributed by atoms with Gasteiger partial charge in [-0.05, 0) is 6.42 Å². The van der Waals surface area contributed by atoms with Gasteiger partial charge >= 0.3 is 5.97 Å². The molecule has 0 bridgehead atoms. The number of hydrogen-bond acceptors (Lipinski definition) is 3. The third-order valence-electron chi connectivity index (χ3n) is 1.71. The van der Waals surface area contributed by atoms with Crippen LogP contribution in [0.3, 0.4) is 0 Å². The van der Waals surface area contributed by atoms with E-state index in [1.54, 1.807) is 0 Å². The number of hydrogen-bond donors (Lipinski definition) is 2. The van der Waals surface area contributed by atoms with Gasteiger partial charge < -0.3 is 15.1 Å². The predicted molar refractivity (Wildman–Crippen MR) is 46.2 cm³/mol. The average Bonchev–Trinajstić information content (AvgIpc) is 2.10. The molecule has 0 aromatic rings. The second kappa shape index (κ2) is 6.42. The quantitative estimate of drug-likeness (QED) is 0.538. The summed E-state index contributed by atoms with van der Waals surface area (Å²) >= 11 is 0. The minimum atomic E-state index is -1.07. The highest BCUT2D eigenvalue weighted by Crippen LogP contribution is 2.02. The monoisotopic (exact) mass is 189 g/mol. The summed E-state index contributed by atoms with van der Waals surface area (Å²) in [5.41, 5.74) is 0. The molecule has 1 amide bonds. The molecule has 1 unspecified atom stereocenters. The van der Waals surface area contributed by atoms with Gasteiger partial charge in [0.05, 0.1) is 0 Å². The van der Waals surface area contributed by atoms with Gasteiger partial charge in [0.15, 0.2) is 0 Å². The number of rotatable bonds is 7. The lowest BCUT2D eigenvalue weighted by Crippen LogP contribution is -2.41. The third-order valence-corrected chi connectivity index (χ3v) is 1.71. The molecule has 0 fully saturated rings. The van der Waals surface area contributed by atoms with Gasteiger partial charge in [-0.25, -0.2) is 4.79 Å². The molecule has 0 radical (unpaired) electrons. The number of carbonyl (C=O) groups is 2. The van der Waals surface area contributed by atoms with E-state index in [4.69, 9.17) is 10.2 Å². The zero-order valence-electron chi connectivity index (χ0n) is 7.64. The molecule has 0 aromatic carbocycles. The van der Waals surface area contributed by atoms with Crippen molar-refractivity contribution in [2.24, 2.45) is 0 Å². The topological polar surface area (TPSA) is 77.8 Å². The lowest BCUT2D eigenvalue weighted by atomic mass is 10.2. The molecule has 2 N–H and O–H groups in total. The van der Waals surface area contributed by atoms with Crippen LogP contribution >= 0.6 is 0 Å². The van der Waals surface area contributed by atoms with E-state index in [2.05, 4.69) is 0 Å². The minimum absolute atomic E-state index is 0.0775. The van der Waals surface area contributed by atoms with Gasteiger partial charge in [-0.3, -0.25) is 4.79 Å². The third kappa shape index (κ3) is 3.89. The molecule has 0 spiro atoms. The molecule has 0 saturated carbocycles. The highest BCUT2D eigenvalue weighted by atomic mass is 16.4. The van der Waals surface area contributed by atoms with Crippen LogP contribution in [0.4, 0.5) is 0 Å². The zero-order valence-corrected chi connectivity index (χ0v) is 7.64. The molecule has 5 nitrogen and oxygen atoms in total. The molecule has 0 aromatic heterocycles. The summed E-state index contributed by atoms with van der Waals surface area (Å²) in [6.07, 6.45) is 1.29. The van der Waals surface area contributed by atoms with Gasteiger partial charge in [0.25, 0.3) is 0 Å². The zero-order chi connectivity index (χ0) is 10.3. The molecule has 0 rings (SSSR count). The molecular formula is C8H15NO4. The van der Waals surface area contributed by atoms with Crippen molar-refractivity contribution in [1.29, 1.82) is 0 Å². The average molecular weight is 189 g/mol. The summed E-state index contributed by atoms with van der Waals surface area (Å²) in [6, 6.07) is -0.901. The Morgan fingerprint density at radius 3 is 2.54 bits per heavy atom. The summed E-state index contributed by atoms with van der Waals surface area (Å²) in [5.74, 6) is -1.07. The molecule has 76 valence electrons. The number of carboxylic acid groups (broad SMARTS) is 1. The molecule has 1 atom stereocenters. The molecular weight excluding hydrogens is 174 g/mol. The van der Waals surface area contributed by atoms with Crippen molar-refractivity contribution >= 4 is 12.4 Å². The van der Waals surface area contributed by atoms with Crippen LogP contribution in [0.5, 0.6) is 0 Å². The lowest BCUT2D eigenvalue weighted by Gasteiger charge is -2.23. The van der Waals surface area contributed by atoms with Crippen LogP contribution in [0.25, 0.3) is 0 Å². The summed E-state index contributed by atoms with van der Waals surface area (Å²) in [6.45, 7) is 2.03. The summed E-state index contributed by atoms with van der Waals surface area (Å²) in [7, 11) is 0. The predicted octanol–water partition coefficient (Wildman–Crippen LogP) is -0.310. The molecule has 13 heavy (non-hydrogen) atoms. The number of aliphatic hydroxyl groups is 1. The van der Waals surface area contributed by atoms with E-state index in [1.807, 2.05) is 6.92 Å². The first-order valence-electron chi connectivity index (χ1n) is 4.22. The van der Waals surface area contributed by atoms with E-state index in [0.717, 1.165) is 0 Å². The Balaban J connectivity index is 4.28. The fourth-order valence-corrected chi connectivity index (χ4v) is 1.09. The maximum absolute atomic E-state index is 10.7. The van der Waals surface area contributed by atoms with Crippen LogP contribution in [0.15, 0.2) is 0 Å². The van der Waals surface area contributed by atoms with Crippen LogP contribution in [0, 0.1) is 0 Å². The Bertz CT molecular complexity index is 172. The molecule has 0 aliphatic heterocycles. The van der Waals surface area contributed by atoms with E-state index in [-0.39, 0.29) is 13.0 Å². The van der Waals surface area contributed by atoms with Crippen molar-refractivity contribution in [2.75, 3.05) is 13.2 Å². The van der Waals surface area contributed by atoms with Crippen LogP contribution in [-0.2, 0) is 9.59 Å². The first kappa shape index (κ1) is 11.9. The van der Waals surface area contributed by atoms with Crippen molar-refractivity contribution < 1.29 is 19.8 Å². The highest BCUT2D eigenvalue weighted by Gasteiger charge is 2.22. The highest BCUT2D eigenvalue weighted by molar-refractivity contribution is 5.76. The maximum atomic E-state index is 10.7. The molecule has 0 aliphatic rings. The van der Waals surface area contributed by atoms with Crippen molar-refractivity contribution in [3.05, 3.63) is 0 Å². The number of carboxylic acids is 1. The molecule has 0 aliphatic carbocycles. The summed E-state index contributed by atoms with van der Waals surface area (Å²) in [4.78, 5) is 22.3. The van der Waals surface area contributed by atoms with Gasteiger partial charge in [-0.2, -0.15) is 0 Å². The van der Waals surface area contributed by atoms with Crippen LogP contribution < -0.4 is 0 Å². The number of amides is 1. The Morgan fingerprint density at radius 1 is 1.62 bits per heavy atom. The van der Waals surface area contributed by atoms with Gasteiger partial charge in [0.2, 0.25) is 6.41 Å². The fourth-order valence-electron chi connectivity index (χ4n) is 1.09. The SMILES string of the molecule is CCCN(C=O)C(CCO)C(=O)O. The Labute approximate surface area is 77.0 Å². The van der Waals surface area contributed by atoms with E-state index < -0.39 is 12.0 Å². The summed E-state index contributed by atoms with van der Waals surface area (Å²) in [5, 5.41) is 17.3. The maximum Gasteiger partial charge on any atom is 0.326 e. The van der Waals surface area contributed by atoms with Crippen molar-refractivity contribution in [2.45, 2.75) is 25.8 Å². The Kier molecular flexibility index (Phi) is 5.88. The van der Waals surface area contributed by atoms with E-state index in [1.165, 1.54) is 4.90 Å². The molecule has 0 saturated heterocycles. The minimum Gasteiger partial charge on any atom is -0.480 e. The molecule has 5 heteroatoms. The van der Waals surface area contributed by atoms with Crippen LogP contribution in [0.1, 0.15) is 19.8 Å². The number of aliphatic hydroxyl groups excluding tert-OH is 1. The Hall–Kier alpha value is -1.10. The number of nitrogens with zero attached hydrogens (tertiary/aromatic N) is 1. The smallest absolute Gasteiger partial charge is 0.326 e. The second-order valence-electron chi connectivity index (χ2n) is 2.71. The van der Waals surface area contributed by atoms with Crippen molar-refractivity contribution in [3.8, 4) is 0 Å². The normalized spacial score (nSPS) is 12.2. The van der Waals surface area contributed by atoms with Gasteiger partial charge in [0, 0.05) is 19.6 Å². The van der Waals surface area contributed by atoms with Crippen LogP contribution in [-0.4, -0.2) is 46.7 Å². The van der Waals surface area contributed by atoms with E-state index in [9.17, 15) is 9.59 Å². The van der Waals surface area contributed by atoms with E-state index in [0.29, 0.717) is 19.4 Å². The first-order valence-corrected chi connectivity index (χ1v) is 4.22. The summed E-state index contributed by atoms with van der Waals surface area (Å²) < 4.78 is 0. The molecule has 0 heterocycles. The van der Waals surface area contributed by atoms with Crippen molar-refractivity contribution in [3.63, 3.8) is 0 Å². The Morgan fingerprint density at radius 2 is 2.23 bits per heavy atom. The number of aliphatic carboxylic acids is 1. The largest absolute Gasteiger partial charge is 0.480 e. The van der Waals surface area contributed by atoms with Gasteiger partial charge in [-0.1, -0.05) is 6.92 Å². The van der Waals surface area contributed by atoms with Crippen LogP contribution in [0.2, 0.25) is 0 Å².